The molecule has 17 heavy (non-hydrogen) atoms. The van der Waals surface area contributed by atoms with Gasteiger partial charge in [-0.2, -0.15) is 0 Å². The molecule has 100 valence electrons. The summed E-state index contributed by atoms with van der Waals surface area (Å²) in [6, 6.07) is 0. The summed E-state index contributed by atoms with van der Waals surface area (Å²) in [6.45, 7) is 5.65. The van der Waals surface area contributed by atoms with Crippen LogP contribution in [0.1, 0.15) is 51.9 Å². The normalized spacial score (nSPS) is 28.4. The van der Waals surface area contributed by atoms with Crippen molar-refractivity contribution < 1.29 is 5.11 Å². The minimum absolute atomic E-state index is 0.366. The summed E-state index contributed by atoms with van der Waals surface area (Å²) in [5.74, 6) is 0. The van der Waals surface area contributed by atoms with E-state index in [1.165, 1.54) is 51.6 Å². The highest BCUT2D eigenvalue weighted by Gasteiger charge is 2.36. The SMILES string of the molecule is CC(O)(CN)CCN1CCC2(CCCC2)CC1. The maximum Gasteiger partial charge on any atom is 0.0753 e. The van der Waals surface area contributed by atoms with Crippen LogP contribution in [0.2, 0.25) is 0 Å². The van der Waals surface area contributed by atoms with Gasteiger partial charge in [-0.25, -0.2) is 0 Å². The average molecular weight is 240 g/mol. The van der Waals surface area contributed by atoms with E-state index in [1.807, 2.05) is 6.92 Å². The minimum Gasteiger partial charge on any atom is -0.389 e. The molecular formula is C14H28N2O. The van der Waals surface area contributed by atoms with Gasteiger partial charge in [0.2, 0.25) is 0 Å². The van der Waals surface area contributed by atoms with Gasteiger partial charge < -0.3 is 15.7 Å². The van der Waals surface area contributed by atoms with Crippen LogP contribution in [-0.2, 0) is 0 Å². The number of piperidine rings is 1. The van der Waals surface area contributed by atoms with Crippen LogP contribution in [-0.4, -0.2) is 41.8 Å². The molecule has 0 aromatic carbocycles. The Labute approximate surface area is 105 Å². The predicted molar refractivity (Wildman–Crippen MR) is 70.9 cm³/mol. The molecule has 0 aromatic rings. The van der Waals surface area contributed by atoms with Crippen molar-refractivity contribution in [2.45, 2.75) is 57.5 Å². The molecule has 1 aliphatic carbocycles. The van der Waals surface area contributed by atoms with Crippen LogP contribution in [0.5, 0.6) is 0 Å². The second-order valence-electron chi connectivity index (χ2n) is 6.50. The first-order valence-electron chi connectivity index (χ1n) is 7.20. The first-order valence-corrected chi connectivity index (χ1v) is 7.20. The monoisotopic (exact) mass is 240 g/mol. The standard InChI is InChI=1S/C14H28N2O/c1-13(17,12-15)6-9-16-10-7-14(8-11-16)4-2-3-5-14/h17H,2-12,15H2,1H3. The van der Waals surface area contributed by atoms with Crippen molar-refractivity contribution in [1.82, 2.24) is 4.90 Å². The van der Waals surface area contributed by atoms with Crippen molar-refractivity contribution >= 4 is 0 Å². The van der Waals surface area contributed by atoms with E-state index < -0.39 is 5.60 Å². The number of likely N-dealkylation sites (tertiary alicyclic amines) is 1. The summed E-state index contributed by atoms with van der Waals surface area (Å²) < 4.78 is 0. The summed E-state index contributed by atoms with van der Waals surface area (Å²) in [4.78, 5) is 2.51. The molecular weight excluding hydrogens is 212 g/mol. The molecule has 3 nitrogen and oxygen atoms in total. The van der Waals surface area contributed by atoms with Gasteiger partial charge in [0.1, 0.15) is 0 Å². The number of hydrogen-bond donors (Lipinski definition) is 2. The molecule has 1 spiro atoms. The maximum absolute atomic E-state index is 9.91. The fourth-order valence-electron chi connectivity index (χ4n) is 3.38. The summed E-state index contributed by atoms with van der Waals surface area (Å²) in [5, 5.41) is 9.91. The van der Waals surface area contributed by atoms with Gasteiger partial charge in [0, 0.05) is 13.1 Å². The van der Waals surface area contributed by atoms with Gasteiger partial charge in [-0.3, -0.25) is 0 Å². The quantitative estimate of drug-likeness (QED) is 0.787. The maximum atomic E-state index is 9.91. The molecule has 3 N–H and O–H groups in total. The Morgan fingerprint density at radius 1 is 1.18 bits per heavy atom. The van der Waals surface area contributed by atoms with Crippen LogP contribution >= 0.6 is 0 Å². The van der Waals surface area contributed by atoms with Crippen LogP contribution in [0.4, 0.5) is 0 Å². The third-order valence-electron chi connectivity index (χ3n) is 4.99. The molecule has 0 radical (unpaired) electrons. The molecule has 3 heteroatoms. The summed E-state index contributed by atoms with van der Waals surface area (Å²) in [5.41, 5.74) is 5.57. The van der Waals surface area contributed by atoms with Crippen molar-refractivity contribution in [3.63, 3.8) is 0 Å². The molecule has 1 unspecified atom stereocenters. The number of rotatable bonds is 4. The molecule has 1 heterocycles. The lowest BCUT2D eigenvalue weighted by atomic mass is 9.77. The number of aliphatic hydroxyl groups is 1. The van der Waals surface area contributed by atoms with Crippen molar-refractivity contribution in [2.24, 2.45) is 11.1 Å². The van der Waals surface area contributed by atoms with E-state index in [9.17, 15) is 5.11 Å². The lowest BCUT2D eigenvalue weighted by molar-refractivity contribution is 0.0351. The summed E-state index contributed by atoms with van der Waals surface area (Å²) in [6.07, 6.45) is 9.36. The van der Waals surface area contributed by atoms with Crippen LogP contribution in [0.15, 0.2) is 0 Å². The molecule has 1 saturated carbocycles. The average Bonchev–Trinajstić information content (AvgIpc) is 2.77. The molecule has 0 aromatic heterocycles. The fourth-order valence-corrected chi connectivity index (χ4v) is 3.38. The smallest absolute Gasteiger partial charge is 0.0753 e. The molecule has 2 aliphatic rings. The lowest BCUT2D eigenvalue weighted by Crippen LogP contribution is -2.43. The van der Waals surface area contributed by atoms with Gasteiger partial charge in [-0.15, -0.1) is 0 Å². The molecule has 1 aliphatic heterocycles. The highest BCUT2D eigenvalue weighted by Crippen LogP contribution is 2.46. The zero-order valence-corrected chi connectivity index (χ0v) is 11.2. The largest absolute Gasteiger partial charge is 0.389 e. The Bertz CT molecular complexity index is 237. The van der Waals surface area contributed by atoms with Crippen LogP contribution < -0.4 is 5.73 Å². The molecule has 2 rings (SSSR count). The van der Waals surface area contributed by atoms with Gasteiger partial charge in [-0.05, 0) is 57.5 Å². The van der Waals surface area contributed by atoms with Crippen LogP contribution in [0, 0.1) is 5.41 Å². The Balaban J connectivity index is 1.72. The third kappa shape index (κ3) is 3.43. The summed E-state index contributed by atoms with van der Waals surface area (Å²) in [7, 11) is 0. The first-order chi connectivity index (χ1) is 8.05. The molecule has 0 amide bonds. The van der Waals surface area contributed by atoms with Gasteiger partial charge in [0.05, 0.1) is 5.60 Å². The zero-order chi connectivity index (χ0) is 12.4. The van der Waals surface area contributed by atoms with Gasteiger partial charge in [0.15, 0.2) is 0 Å². The highest BCUT2D eigenvalue weighted by molar-refractivity contribution is 4.90. The number of nitrogens with zero attached hydrogens (tertiary/aromatic N) is 1. The van der Waals surface area contributed by atoms with E-state index in [0.29, 0.717) is 12.0 Å². The molecule has 1 saturated heterocycles. The predicted octanol–water partition coefficient (Wildman–Crippen LogP) is 1.74. The zero-order valence-electron chi connectivity index (χ0n) is 11.2. The van der Waals surface area contributed by atoms with Crippen molar-refractivity contribution in [3.8, 4) is 0 Å². The van der Waals surface area contributed by atoms with Crippen molar-refractivity contribution in [1.29, 1.82) is 0 Å². The van der Waals surface area contributed by atoms with Gasteiger partial charge >= 0.3 is 0 Å². The van der Waals surface area contributed by atoms with E-state index in [-0.39, 0.29) is 0 Å². The number of hydrogen-bond acceptors (Lipinski definition) is 3. The van der Waals surface area contributed by atoms with E-state index in [0.717, 1.165) is 13.0 Å². The topological polar surface area (TPSA) is 49.5 Å². The minimum atomic E-state index is -0.678. The second-order valence-corrected chi connectivity index (χ2v) is 6.50. The first kappa shape index (κ1) is 13.3. The fraction of sp³-hybridized carbons (Fsp3) is 1.00. The van der Waals surface area contributed by atoms with E-state index in [4.69, 9.17) is 5.73 Å². The Hall–Kier alpha value is -0.120. The third-order valence-corrected chi connectivity index (χ3v) is 4.99. The van der Waals surface area contributed by atoms with Crippen molar-refractivity contribution in [3.05, 3.63) is 0 Å². The Morgan fingerprint density at radius 3 is 2.29 bits per heavy atom. The number of nitrogens with two attached hydrogens (primary N) is 1. The van der Waals surface area contributed by atoms with E-state index >= 15 is 0 Å². The van der Waals surface area contributed by atoms with Crippen LogP contribution in [0.25, 0.3) is 0 Å². The highest BCUT2D eigenvalue weighted by atomic mass is 16.3. The lowest BCUT2D eigenvalue weighted by Gasteiger charge is -2.40. The molecule has 0 bridgehead atoms. The van der Waals surface area contributed by atoms with Gasteiger partial charge in [-0.1, -0.05) is 12.8 Å². The summed E-state index contributed by atoms with van der Waals surface area (Å²) >= 11 is 0. The van der Waals surface area contributed by atoms with Gasteiger partial charge in [0.25, 0.3) is 0 Å². The second kappa shape index (κ2) is 5.25. The van der Waals surface area contributed by atoms with Crippen molar-refractivity contribution in [2.75, 3.05) is 26.2 Å². The Kier molecular flexibility index (Phi) is 4.11. The molecule has 2 fully saturated rings. The van der Waals surface area contributed by atoms with Crippen LogP contribution in [0.3, 0.4) is 0 Å². The Morgan fingerprint density at radius 2 is 1.76 bits per heavy atom. The van der Waals surface area contributed by atoms with E-state index in [1.54, 1.807) is 0 Å². The van der Waals surface area contributed by atoms with E-state index in [2.05, 4.69) is 4.90 Å². The molecule has 1 atom stereocenters.